The molecule has 0 N–H and O–H groups in total. The van der Waals surface area contributed by atoms with E-state index in [4.69, 9.17) is 9.47 Å². The van der Waals surface area contributed by atoms with Gasteiger partial charge in [-0.2, -0.15) is 0 Å². The Morgan fingerprint density at radius 1 is 0.634 bits per heavy atom. The van der Waals surface area contributed by atoms with Crippen LogP contribution in [0.15, 0.2) is 140 Å². The molecule has 196 valence electrons. The zero-order valence-electron chi connectivity index (χ0n) is 22.8. The van der Waals surface area contributed by atoms with Gasteiger partial charge in [0.1, 0.15) is 11.5 Å². The van der Waals surface area contributed by atoms with E-state index in [1.807, 2.05) is 12.1 Å². The Morgan fingerprint density at radius 2 is 1.27 bits per heavy atom. The highest BCUT2D eigenvalue weighted by molar-refractivity contribution is 6.06. The Morgan fingerprint density at radius 3 is 2.02 bits per heavy atom. The lowest BCUT2D eigenvalue weighted by Gasteiger charge is -2.37. The van der Waals surface area contributed by atoms with Crippen LogP contribution >= 0.6 is 0 Å². The van der Waals surface area contributed by atoms with Crippen molar-refractivity contribution in [3.8, 4) is 22.6 Å². The predicted molar refractivity (Wildman–Crippen MR) is 167 cm³/mol. The van der Waals surface area contributed by atoms with Gasteiger partial charge in [-0.1, -0.05) is 121 Å². The lowest BCUT2D eigenvalue weighted by atomic mass is 9.81. The molecule has 1 aliphatic carbocycles. The maximum atomic E-state index is 7.33. The van der Waals surface area contributed by atoms with E-state index < -0.39 is 5.60 Å². The zero-order chi connectivity index (χ0) is 27.4. The zero-order valence-corrected chi connectivity index (χ0v) is 22.8. The average Bonchev–Trinajstić information content (AvgIpc) is 3.41. The fourth-order valence-corrected chi connectivity index (χ4v) is 6.83. The van der Waals surface area contributed by atoms with Crippen LogP contribution in [0.3, 0.4) is 0 Å². The summed E-state index contributed by atoms with van der Waals surface area (Å²) in [6.07, 6.45) is 4.53. The van der Waals surface area contributed by atoms with Crippen LogP contribution < -0.4 is 9.47 Å². The van der Waals surface area contributed by atoms with Gasteiger partial charge in [-0.15, -0.1) is 0 Å². The van der Waals surface area contributed by atoms with Crippen LogP contribution in [0.4, 0.5) is 0 Å². The minimum Gasteiger partial charge on any atom is -0.497 e. The number of fused-ring (bicyclic) bond motifs is 8. The van der Waals surface area contributed by atoms with Crippen LogP contribution in [0.1, 0.15) is 39.3 Å². The van der Waals surface area contributed by atoms with Crippen LogP contribution in [0.2, 0.25) is 0 Å². The Labute approximate surface area is 240 Å². The van der Waals surface area contributed by atoms with Gasteiger partial charge in [-0.25, -0.2) is 0 Å². The molecule has 0 saturated carbocycles. The van der Waals surface area contributed by atoms with Crippen molar-refractivity contribution in [3.63, 3.8) is 0 Å². The van der Waals surface area contributed by atoms with E-state index in [0.717, 1.165) is 33.6 Å². The predicted octanol–water partition coefficient (Wildman–Crippen LogP) is 9.36. The number of rotatable bonds is 4. The summed E-state index contributed by atoms with van der Waals surface area (Å²) >= 11 is 0. The summed E-state index contributed by atoms with van der Waals surface area (Å²) in [5.41, 5.74) is 9.06. The van der Waals surface area contributed by atoms with Crippen LogP contribution in [0.25, 0.3) is 28.0 Å². The highest BCUT2D eigenvalue weighted by Crippen LogP contribution is 2.57. The molecule has 0 aromatic heterocycles. The summed E-state index contributed by atoms with van der Waals surface area (Å²) in [5.74, 6) is 1.91. The second-order valence-corrected chi connectivity index (χ2v) is 10.8. The molecule has 1 aliphatic heterocycles. The minimum absolute atomic E-state index is 0.161. The SMILES string of the molecule is COc1ccc(C2(c3ccccc3)C=Cc3c4c(c5ccccc5c3O2)C(c2ccccc2)c2ccccc2-4)cc1. The number of methoxy groups -OCH3 is 1. The van der Waals surface area contributed by atoms with Gasteiger partial charge in [0, 0.05) is 28.0 Å². The molecule has 2 unspecified atom stereocenters. The first-order valence-electron chi connectivity index (χ1n) is 14.1. The first-order valence-corrected chi connectivity index (χ1v) is 14.1. The molecule has 8 rings (SSSR count). The summed E-state index contributed by atoms with van der Waals surface area (Å²) in [4.78, 5) is 0. The molecule has 2 heteroatoms. The molecule has 6 aromatic rings. The lowest BCUT2D eigenvalue weighted by Crippen LogP contribution is -2.34. The van der Waals surface area contributed by atoms with Crippen molar-refractivity contribution in [2.75, 3.05) is 7.11 Å². The van der Waals surface area contributed by atoms with E-state index in [1.165, 1.54) is 33.2 Å². The number of benzene rings is 6. The number of ether oxygens (including phenoxy) is 2. The summed E-state index contributed by atoms with van der Waals surface area (Å²) in [6, 6.07) is 47.2. The topological polar surface area (TPSA) is 18.5 Å². The van der Waals surface area contributed by atoms with Gasteiger partial charge in [0.05, 0.1) is 7.11 Å². The molecule has 2 aliphatic rings. The number of hydrogen-bond acceptors (Lipinski definition) is 2. The second-order valence-electron chi connectivity index (χ2n) is 10.8. The van der Waals surface area contributed by atoms with E-state index >= 15 is 0 Å². The lowest BCUT2D eigenvalue weighted by molar-refractivity contribution is 0.163. The van der Waals surface area contributed by atoms with Crippen LogP contribution in [0, 0.1) is 0 Å². The van der Waals surface area contributed by atoms with Gasteiger partial charge in [-0.3, -0.25) is 0 Å². The summed E-state index contributed by atoms with van der Waals surface area (Å²) in [6.45, 7) is 0. The molecule has 0 bridgehead atoms. The van der Waals surface area contributed by atoms with Gasteiger partial charge in [-0.05, 0) is 57.5 Å². The third-order valence-corrected chi connectivity index (χ3v) is 8.68. The quantitative estimate of drug-likeness (QED) is 0.227. The minimum atomic E-state index is -0.783. The van der Waals surface area contributed by atoms with Crippen LogP contribution in [0.5, 0.6) is 11.5 Å². The standard InChI is InChI=1S/C39H28O2/c1-40-29-22-20-28(21-23-29)39(27-14-6-3-7-15-27)25-24-34-36-31-17-9-8-16-30(31)35(26-12-4-2-5-13-26)37(36)32-18-10-11-19-33(32)38(34)41-39/h2-25,35H,1H3. The monoisotopic (exact) mass is 528 g/mol. The normalized spacial score (nSPS) is 18.3. The third-order valence-electron chi connectivity index (χ3n) is 8.68. The van der Waals surface area contributed by atoms with Gasteiger partial charge in [0.25, 0.3) is 0 Å². The molecule has 0 spiro atoms. The van der Waals surface area contributed by atoms with E-state index in [1.54, 1.807) is 7.11 Å². The number of hydrogen-bond donors (Lipinski definition) is 0. The fourth-order valence-electron chi connectivity index (χ4n) is 6.83. The second kappa shape index (κ2) is 9.25. The molecule has 2 atom stereocenters. The van der Waals surface area contributed by atoms with Gasteiger partial charge in [0.15, 0.2) is 5.60 Å². The first-order chi connectivity index (χ1) is 20.3. The maximum Gasteiger partial charge on any atom is 0.178 e. The van der Waals surface area contributed by atoms with Gasteiger partial charge < -0.3 is 9.47 Å². The summed E-state index contributed by atoms with van der Waals surface area (Å²) in [7, 11) is 1.70. The average molecular weight is 529 g/mol. The summed E-state index contributed by atoms with van der Waals surface area (Å²) < 4.78 is 12.8. The van der Waals surface area contributed by atoms with Crippen LogP contribution in [-0.2, 0) is 5.60 Å². The smallest absolute Gasteiger partial charge is 0.178 e. The largest absolute Gasteiger partial charge is 0.497 e. The molecular weight excluding hydrogens is 500 g/mol. The van der Waals surface area contributed by atoms with E-state index in [2.05, 4.69) is 133 Å². The van der Waals surface area contributed by atoms with E-state index in [9.17, 15) is 0 Å². The highest BCUT2D eigenvalue weighted by Gasteiger charge is 2.41. The maximum absolute atomic E-state index is 7.33. The highest BCUT2D eigenvalue weighted by atomic mass is 16.5. The third kappa shape index (κ3) is 3.50. The molecule has 0 fully saturated rings. The molecule has 0 radical (unpaired) electrons. The summed E-state index contributed by atoms with van der Waals surface area (Å²) in [5, 5.41) is 2.37. The molecule has 0 saturated heterocycles. The van der Waals surface area contributed by atoms with E-state index in [0.29, 0.717) is 0 Å². The molecular formula is C39H28O2. The molecule has 1 heterocycles. The Balaban J connectivity index is 1.43. The molecule has 0 amide bonds. The molecule has 2 nitrogen and oxygen atoms in total. The van der Waals surface area contributed by atoms with Crippen molar-refractivity contribution < 1.29 is 9.47 Å². The molecule has 41 heavy (non-hydrogen) atoms. The van der Waals surface area contributed by atoms with Gasteiger partial charge >= 0.3 is 0 Å². The Bertz CT molecular complexity index is 1940. The molecule has 6 aromatic carbocycles. The van der Waals surface area contributed by atoms with Crippen LogP contribution in [-0.4, -0.2) is 7.11 Å². The van der Waals surface area contributed by atoms with Crippen molar-refractivity contribution in [1.82, 2.24) is 0 Å². The van der Waals surface area contributed by atoms with E-state index in [-0.39, 0.29) is 5.92 Å². The van der Waals surface area contributed by atoms with Gasteiger partial charge in [0.2, 0.25) is 0 Å². The fraction of sp³-hybridized carbons (Fsp3) is 0.0769. The van der Waals surface area contributed by atoms with Crippen molar-refractivity contribution in [1.29, 1.82) is 0 Å². The Kier molecular flexibility index (Phi) is 5.36. The van der Waals surface area contributed by atoms with Crippen molar-refractivity contribution in [2.24, 2.45) is 0 Å². The first kappa shape index (κ1) is 23.8. The van der Waals surface area contributed by atoms with Crippen molar-refractivity contribution >= 4 is 16.8 Å². The Hall–Kier alpha value is -5.08. The van der Waals surface area contributed by atoms with Crippen molar-refractivity contribution in [2.45, 2.75) is 11.5 Å². The van der Waals surface area contributed by atoms with Crippen molar-refractivity contribution in [3.05, 3.63) is 173 Å².